The van der Waals surface area contributed by atoms with E-state index in [0.29, 0.717) is 11.3 Å². The molecule has 0 fully saturated rings. The Morgan fingerprint density at radius 3 is 1.97 bits per heavy atom. The van der Waals surface area contributed by atoms with Crippen LogP contribution in [-0.4, -0.2) is 40.9 Å². The van der Waals surface area contributed by atoms with E-state index < -0.39 is 23.7 Å². The fourth-order valence-electron chi connectivity index (χ4n) is 3.61. The second kappa shape index (κ2) is 9.41. The van der Waals surface area contributed by atoms with Crippen molar-refractivity contribution >= 4 is 11.9 Å². The molecule has 2 heterocycles. The summed E-state index contributed by atoms with van der Waals surface area (Å²) >= 11 is 0. The van der Waals surface area contributed by atoms with Crippen molar-refractivity contribution in [3.63, 3.8) is 0 Å². The number of ether oxygens (including phenoxy) is 2. The summed E-state index contributed by atoms with van der Waals surface area (Å²) in [6.07, 6.45) is -3.30. The fraction of sp³-hybridized carbons (Fsp3) is 0.120. The molecule has 0 atom stereocenters. The molecule has 7 nitrogen and oxygen atoms in total. The molecule has 4 rings (SSSR count). The summed E-state index contributed by atoms with van der Waals surface area (Å²) in [6, 6.07) is 16.7. The number of rotatable bonds is 5. The Balaban J connectivity index is 1.89. The molecule has 0 aliphatic rings. The van der Waals surface area contributed by atoms with E-state index in [1.807, 2.05) is 0 Å². The highest BCUT2D eigenvalue weighted by atomic mass is 19.4. The Morgan fingerprint density at radius 1 is 0.800 bits per heavy atom. The van der Waals surface area contributed by atoms with Crippen molar-refractivity contribution < 1.29 is 32.2 Å². The number of pyridine rings is 1. The third kappa shape index (κ3) is 4.50. The van der Waals surface area contributed by atoms with Crippen LogP contribution in [0.2, 0.25) is 0 Å². The fourth-order valence-corrected chi connectivity index (χ4v) is 3.61. The highest BCUT2D eigenvalue weighted by Gasteiger charge is 2.34. The van der Waals surface area contributed by atoms with Crippen LogP contribution in [0.3, 0.4) is 0 Å². The SMILES string of the molecule is COC(=O)c1c(-c2ccc(-c3ncccc3C(F)(F)F)cc2)nn(-c2ccccc2)c1C(=O)OC. The van der Waals surface area contributed by atoms with Crippen LogP contribution in [0.1, 0.15) is 26.4 Å². The van der Waals surface area contributed by atoms with Crippen molar-refractivity contribution in [2.45, 2.75) is 6.18 Å². The van der Waals surface area contributed by atoms with E-state index in [-0.39, 0.29) is 28.2 Å². The van der Waals surface area contributed by atoms with Gasteiger partial charge in [-0.25, -0.2) is 14.3 Å². The zero-order valence-electron chi connectivity index (χ0n) is 18.5. The monoisotopic (exact) mass is 481 g/mol. The second-order valence-corrected chi connectivity index (χ2v) is 7.28. The van der Waals surface area contributed by atoms with Crippen LogP contribution in [0.4, 0.5) is 13.2 Å². The maximum Gasteiger partial charge on any atom is 0.418 e. The summed E-state index contributed by atoms with van der Waals surface area (Å²) in [5, 5.41) is 4.47. The lowest BCUT2D eigenvalue weighted by Crippen LogP contribution is -2.15. The van der Waals surface area contributed by atoms with Crippen LogP contribution in [0.15, 0.2) is 72.9 Å². The van der Waals surface area contributed by atoms with E-state index in [1.54, 1.807) is 30.3 Å². The molecule has 0 saturated carbocycles. The largest absolute Gasteiger partial charge is 0.465 e. The molecule has 0 bridgehead atoms. The number of hydrogen-bond donors (Lipinski definition) is 0. The van der Waals surface area contributed by atoms with Gasteiger partial charge in [-0.15, -0.1) is 0 Å². The van der Waals surface area contributed by atoms with Crippen molar-refractivity contribution in [3.8, 4) is 28.2 Å². The zero-order valence-corrected chi connectivity index (χ0v) is 18.5. The van der Waals surface area contributed by atoms with E-state index in [1.165, 1.54) is 48.3 Å². The molecule has 2 aromatic carbocycles. The molecule has 0 amide bonds. The van der Waals surface area contributed by atoms with Crippen LogP contribution in [-0.2, 0) is 15.7 Å². The standard InChI is InChI=1S/C25H18F3N3O4/c1-34-23(32)19-21(30-31(22(19)24(33)35-2)17-7-4-3-5-8-17)16-12-10-15(11-13-16)20-18(25(26,27)28)9-6-14-29-20/h3-14H,1-2H3. The van der Waals surface area contributed by atoms with Gasteiger partial charge in [0, 0.05) is 17.3 Å². The van der Waals surface area contributed by atoms with E-state index in [9.17, 15) is 22.8 Å². The van der Waals surface area contributed by atoms with Gasteiger partial charge in [0.15, 0.2) is 5.69 Å². The maximum atomic E-state index is 13.4. The first-order valence-electron chi connectivity index (χ1n) is 10.2. The van der Waals surface area contributed by atoms with Gasteiger partial charge in [0.25, 0.3) is 0 Å². The summed E-state index contributed by atoms with van der Waals surface area (Å²) in [7, 11) is 2.33. The lowest BCUT2D eigenvalue weighted by molar-refractivity contribution is -0.137. The number of benzene rings is 2. The van der Waals surface area contributed by atoms with Crippen LogP contribution in [0.5, 0.6) is 0 Å². The summed E-state index contributed by atoms with van der Waals surface area (Å²) in [4.78, 5) is 29.3. The molecular formula is C25H18F3N3O4. The zero-order chi connectivity index (χ0) is 25.2. The second-order valence-electron chi connectivity index (χ2n) is 7.28. The molecule has 0 unspecified atom stereocenters. The van der Waals surface area contributed by atoms with Gasteiger partial charge in [0.2, 0.25) is 0 Å². The van der Waals surface area contributed by atoms with Gasteiger partial charge in [-0.2, -0.15) is 18.3 Å². The molecule has 0 radical (unpaired) electrons. The average molecular weight is 481 g/mol. The Hall–Kier alpha value is -4.47. The number of hydrogen-bond acceptors (Lipinski definition) is 6. The van der Waals surface area contributed by atoms with Gasteiger partial charge >= 0.3 is 18.1 Å². The lowest BCUT2D eigenvalue weighted by Gasteiger charge is -2.12. The highest BCUT2D eigenvalue weighted by molar-refractivity contribution is 6.06. The number of nitrogens with zero attached hydrogens (tertiary/aromatic N) is 3. The Labute approximate surface area is 197 Å². The van der Waals surface area contributed by atoms with E-state index in [4.69, 9.17) is 9.47 Å². The smallest absolute Gasteiger partial charge is 0.418 e. The van der Waals surface area contributed by atoms with Gasteiger partial charge in [-0.05, 0) is 24.3 Å². The quantitative estimate of drug-likeness (QED) is 0.365. The third-order valence-electron chi connectivity index (χ3n) is 5.20. The van der Waals surface area contributed by atoms with Crippen molar-refractivity contribution in [2.75, 3.05) is 14.2 Å². The van der Waals surface area contributed by atoms with Gasteiger partial charge in [-0.1, -0.05) is 42.5 Å². The summed E-state index contributed by atoms with van der Waals surface area (Å²) in [5.74, 6) is -1.64. The number of carbonyl (C=O) groups is 2. The van der Waals surface area contributed by atoms with Crippen molar-refractivity contribution in [1.29, 1.82) is 0 Å². The Morgan fingerprint density at radius 2 is 1.40 bits per heavy atom. The van der Waals surface area contributed by atoms with Gasteiger partial charge in [-0.3, -0.25) is 4.98 Å². The highest BCUT2D eigenvalue weighted by Crippen LogP contribution is 2.37. The molecule has 2 aromatic heterocycles. The normalized spacial score (nSPS) is 11.2. The topological polar surface area (TPSA) is 83.3 Å². The summed E-state index contributed by atoms with van der Waals surface area (Å²) in [5.41, 5.74) is -0.197. The molecular weight excluding hydrogens is 463 g/mol. The van der Waals surface area contributed by atoms with Crippen molar-refractivity contribution in [3.05, 3.63) is 89.7 Å². The van der Waals surface area contributed by atoms with Crippen LogP contribution < -0.4 is 0 Å². The minimum absolute atomic E-state index is 0.102. The number of aromatic nitrogens is 3. The predicted octanol–water partition coefficient (Wildman–Crippen LogP) is 5.19. The first-order valence-corrected chi connectivity index (χ1v) is 10.2. The van der Waals surface area contributed by atoms with Crippen molar-refractivity contribution in [2.24, 2.45) is 0 Å². The minimum Gasteiger partial charge on any atom is -0.465 e. The maximum absolute atomic E-state index is 13.4. The molecule has 35 heavy (non-hydrogen) atoms. The molecule has 0 aliphatic carbocycles. The van der Waals surface area contributed by atoms with E-state index in [0.717, 1.165) is 13.2 Å². The van der Waals surface area contributed by atoms with Crippen LogP contribution >= 0.6 is 0 Å². The third-order valence-corrected chi connectivity index (χ3v) is 5.20. The predicted molar refractivity (Wildman–Crippen MR) is 120 cm³/mol. The lowest BCUT2D eigenvalue weighted by atomic mass is 10.0. The van der Waals surface area contributed by atoms with Crippen molar-refractivity contribution in [1.82, 2.24) is 14.8 Å². The average Bonchev–Trinajstić information content (AvgIpc) is 3.28. The van der Waals surface area contributed by atoms with Crippen LogP contribution in [0, 0.1) is 0 Å². The first kappa shape index (κ1) is 23.7. The number of carbonyl (C=O) groups excluding carboxylic acids is 2. The van der Waals surface area contributed by atoms with Gasteiger partial charge < -0.3 is 9.47 Å². The molecule has 0 N–H and O–H groups in total. The summed E-state index contributed by atoms with van der Waals surface area (Å²) < 4.78 is 51.3. The molecule has 178 valence electrons. The van der Waals surface area contributed by atoms with Gasteiger partial charge in [0.05, 0.1) is 31.2 Å². The Kier molecular flexibility index (Phi) is 6.37. The Bertz CT molecular complexity index is 1380. The number of halogens is 3. The van der Waals surface area contributed by atoms with E-state index >= 15 is 0 Å². The molecule has 0 aliphatic heterocycles. The summed E-state index contributed by atoms with van der Waals surface area (Å²) in [6.45, 7) is 0. The minimum atomic E-state index is -4.58. The number of methoxy groups -OCH3 is 2. The number of para-hydroxylation sites is 1. The first-order chi connectivity index (χ1) is 16.8. The van der Waals surface area contributed by atoms with Crippen LogP contribution in [0.25, 0.3) is 28.2 Å². The van der Waals surface area contributed by atoms with Gasteiger partial charge in [0.1, 0.15) is 11.3 Å². The van der Waals surface area contributed by atoms with E-state index in [2.05, 4.69) is 10.1 Å². The molecule has 10 heteroatoms. The number of alkyl halides is 3. The molecule has 0 saturated heterocycles. The number of esters is 2. The molecule has 0 spiro atoms. The molecule has 4 aromatic rings.